The van der Waals surface area contributed by atoms with E-state index < -0.39 is 29.9 Å². The number of likely N-dealkylation sites (N-methyl/N-ethyl adjacent to an activating group) is 1. The highest BCUT2D eigenvalue weighted by atomic mass is 16.6. The van der Waals surface area contributed by atoms with Crippen LogP contribution in [0.3, 0.4) is 0 Å². The van der Waals surface area contributed by atoms with Crippen LogP contribution in [0.1, 0.15) is 35.9 Å². The second-order valence-electron chi connectivity index (χ2n) is 9.40. The minimum atomic E-state index is -1.14. The number of aliphatic carboxylic acids is 1. The van der Waals surface area contributed by atoms with Crippen molar-refractivity contribution >= 4 is 35.9 Å². The average molecular weight is 567 g/mol. The van der Waals surface area contributed by atoms with E-state index in [-0.39, 0.29) is 63.1 Å². The molecule has 1 unspecified atom stereocenters. The smallest absolute Gasteiger partial charge is 0.409 e. The van der Waals surface area contributed by atoms with Gasteiger partial charge < -0.3 is 29.9 Å². The molecule has 2 heterocycles. The lowest BCUT2D eigenvalue weighted by molar-refractivity contribution is -0.138. The van der Waals surface area contributed by atoms with Gasteiger partial charge in [0.1, 0.15) is 11.7 Å². The lowest BCUT2D eigenvalue weighted by Gasteiger charge is -2.35. The molecular weight excluding hydrogens is 532 g/mol. The maximum absolute atomic E-state index is 13.4. The van der Waals surface area contributed by atoms with Crippen molar-refractivity contribution < 1.29 is 33.8 Å². The molecule has 1 aliphatic rings. The molecule has 0 bridgehead atoms. The van der Waals surface area contributed by atoms with Crippen LogP contribution >= 0.6 is 0 Å². The zero-order chi connectivity index (χ0) is 29.9. The van der Waals surface area contributed by atoms with Crippen molar-refractivity contribution in [3.63, 3.8) is 0 Å². The molecule has 0 radical (unpaired) electrons. The molecule has 13 nitrogen and oxygen atoms in total. The normalized spacial score (nSPS) is 13.9. The van der Waals surface area contributed by atoms with E-state index in [9.17, 15) is 29.1 Å². The molecule has 2 N–H and O–H groups in total. The Morgan fingerprint density at radius 2 is 1.71 bits per heavy atom. The number of piperazine rings is 1. The van der Waals surface area contributed by atoms with Gasteiger partial charge in [0.25, 0.3) is 5.91 Å². The van der Waals surface area contributed by atoms with Gasteiger partial charge in [0.05, 0.1) is 12.3 Å². The van der Waals surface area contributed by atoms with Crippen LogP contribution < -0.4 is 5.32 Å². The van der Waals surface area contributed by atoms with Gasteiger partial charge >= 0.3 is 12.1 Å². The van der Waals surface area contributed by atoms with E-state index in [1.807, 2.05) is 6.07 Å². The number of amides is 4. The van der Waals surface area contributed by atoms with E-state index in [4.69, 9.17) is 4.74 Å². The molecular formula is C28H34N6O7. The summed E-state index contributed by atoms with van der Waals surface area (Å²) in [5, 5.41) is 11.9. The van der Waals surface area contributed by atoms with Crippen molar-refractivity contribution in [2.24, 2.45) is 0 Å². The third-order valence-corrected chi connectivity index (χ3v) is 6.22. The highest BCUT2D eigenvalue weighted by Crippen LogP contribution is 2.17. The number of hydrogen-bond acceptors (Lipinski definition) is 8. The number of ether oxygens (including phenoxy) is 1. The average Bonchev–Trinajstić information content (AvgIpc) is 2.97. The van der Waals surface area contributed by atoms with Crippen LogP contribution in [-0.4, -0.2) is 112 Å². The summed E-state index contributed by atoms with van der Waals surface area (Å²) in [5.74, 6) is -2.32. The molecule has 3 rings (SSSR count). The second kappa shape index (κ2) is 14.5. The maximum Gasteiger partial charge on any atom is 0.409 e. The summed E-state index contributed by atoms with van der Waals surface area (Å²) < 4.78 is 5.01. The predicted molar refractivity (Wildman–Crippen MR) is 148 cm³/mol. The molecule has 1 saturated heterocycles. The van der Waals surface area contributed by atoms with Crippen LogP contribution in [0.4, 0.5) is 4.79 Å². The molecule has 218 valence electrons. The molecule has 1 atom stereocenters. The minimum Gasteiger partial charge on any atom is -0.481 e. The molecule has 41 heavy (non-hydrogen) atoms. The van der Waals surface area contributed by atoms with Gasteiger partial charge in [0, 0.05) is 58.3 Å². The number of carbonyl (C=O) groups is 5. The van der Waals surface area contributed by atoms with Gasteiger partial charge in [-0.1, -0.05) is 30.3 Å². The van der Waals surface area contributed by atoms with Crippen molar-refractivity contribution in [2.45, 2.75) is 25.8 Å². The zero-order valence-electron chi connectivity index (χ0n) is 23.3. The monoisotopic (exact) mass is 566 g/mol. The van der Waals surface area contributed by atoms with E-state index in [2.05, 4.69) is 15.3 Å². The first kappa shape index (κ1) is 30.7. The Bertz CT molecular complexity index is 1290. The molecule has 1 aromatic heterocycles. The Balaban J connectivity index is 1.84. The number of hydrogen-bond donors (Lipinski definition) is 2. The molecule has 0 spiro atoms. The number of nitrogens with one attached hydrogen (secondary N) is 1. The van der Waals surface area contributed by atoms with Gasteiger partial charge in [-0.2, -0.15) is 0 Å². The zero-order valence-corrected chi connectivity index (χ0v) is 23.3. The molecule has 2 aromatic rings. The van der Waals surface area contributed by atoms with Gasteiger partial charge in [-0.05, 0) is 25.5 Å². The summed E-state index contributed by atoms with van der Waals surface area (Å²) in [4.78, 5) is 75.3. The van der Waals surface area contributed by atoms with Gasteiger partial charge in [0.2, 0.25) is 11.8 Å². The molecule has 1 aromatic carbocycles. The largest absolute Gasteiger partial charge is 0.481 e. The predicted octanol–water partition coefficient (Wildman–Crippen LogP) is 1.51. The highest BCUT2D eigenvalue weighted by Gasteiger charge is 2.31. The van der Waals surface area contributed by atoms with Crippen molar-refractivity contribution in [3.05, 3.63) is 53.9 Å². The Kier molecular flexibility index (Phi) is 10.9. The maximum atomic E-state index is 13.4. The molecule has 1 aliphatic heterocycles. The quantitative estimate of drug-likeness (QED) is 0.406. The fourth-order valence-electron chi connectivity index (χ4n) is 3.99. The SMILES string of the molecule is CCOC(=O)N1CCN(C(=O)C(CCC(=O)O)NC(=O)c2cc(C=CC(=O)N(C)C)nc(-c3ccccc3)n2)CC1. The highest BCUT2D eigenvalue weighted by molar-refractivity contribution is 5.97. The Morgan fingerprint density at radius 1 is 1.05 bits per heavy atom. The van der Waals surface area contributed by atoms with Crippen LogP contribution in [-0.2, 0) is 19.1 Å². The third-order valence-electron chi connectivity index (χ3n) is 6.22. The fourth-order valence-corrected chi connectivity index (χ4v) is 3.99. The molecule has 0 aliphatic carbocycles. The number of carbonyl (C=O) groups excluding carboxylic acids is 4. The van der Waals surface area contributed by atoms with E-state index in [1.165, 1.54) is 32.9 Å². The number of carboxylic acid groups (broad SMARTS) is 1. The lowest BCUT2D eigenvalue weighted by atomic mass is 10.1. The van der Waals surface area contributed by atoms with E-state index in [1.54, 1.807) is 45.3 Å². The third kappa shape index (κ3) is 8.85. The van der Waals surface area contributed by atoms with E-state index >= 15 is 0 Å². The number of carboxylic acids is 1. The van der Waals surface area contributed by atoms with E-state index in [0.29, 0.717) is 11.3 Å². The first-order valence-electron chi connectivity index (χ1n) is 13.2. The molecule has 4 amide bonds. The number of aromatic nitrogens is 2. The second-order valence-corrected chi connectivity index (χ2v) is 9.40. The van der Waals surface area contributed by atoms with Crippen LogP contribution in [0, 0.1) is 0 Å². The summed E-state index contributed by atoms with van der Waals surface area (Å²) >= 11 is 0. The van der Waals surface area contributed by atoms with Gasteiger partial charge in [-0.25, -0.2) is 14.8 Å². The van der Waals surface area contributed by atoms with Crippen LogP contribution in [0.15, 0.2) is 42.5 Å². The molecule has 13 heteroatoms. The Labute approximate surface area is 237 Å². The van der Waals surface area contributed by atoms with Crippen molar-refractivity contribution in [2.75, 3.05) is 46.9 Å². The van der Waals surface area contributed by atoms with Gasteiger partial charge in [-0.3, -0.25) is 19.2 Å². The van der Waals surface area contributed by atoms with Crippen molar-refractivity contribution in [1.82, 2.24) is 30.0 Å². The summed E-state index contributed by atoms with van der Waals surface area (Å²) in [5.41, 5.74) is 0.868. The van der Waals surface area contributed by atoms with Gasteiger partial charge in [-0.15, -0.1) is 0 Å². The summed E-state index contributed by atoms with van der Waals surface area (Å²) in [6, 6.07) is 9.18. The van der Waals surface area contributed by atoms with Crippen LogP contribution in [0.5, 0.6) is 0 Å². The van der Waals surface area contributed by atoms with Gasteiger partial charge in [0.15, 0.2) is 5.82 Å². The Hall–Kier alpha value is -4.81. The lowest BCUT2D eigenvalue weighted by Crippen LogP contribution is -2.56. The van der Waals surface area contributed by atoms with Crippen molar-refractivity contribution in [3.8, 4) is 11.4 Å². The Morgan fingerprint density at radius 3 is 2.32 bits per heavy atom. The number of benzene rings is 1. The fraction of sp³-hybridized carbons (Fsp3) is 0.393. The summed E-state index contributed by atoms with van der Waals surface area (Å²) in [6.45, 7) is 2.85. The minimum absolute atomic E-state index is 0.0592. The summed E-state index contributed by atoms with van der Waals surface area (Å²) in [7, 11) is 3.21. The first-order chi connectivity index (χ1) is 19.6. The summed E-state index contributed by atoms with van der Waals surface area (Å²) in [6.07, 6.45) is 1.82. The topological polar surface area (TPSA) is 162 Å². The van der Waals surface area contributed by atoms with E-state index in [0.717, 1.165) is 0 Å². The molecule has 1 fully saturated rings. The van der Waals surface area contributed by atoms with Crippen LogP contribution in [0.25, 0.3) is 17.5 Å². The number of rotatable bonds is 10. The van der Waals surface area contributed by atoms with Crippen molar-refractivity contribution in [1.29, 1.82) is 0 Å². The first-order valence-corrected chi connectivity index (χ1v) is 13.2. The molecule has 0 saturated carbocycles. The number of nitrogens with zero attached hydrogens (tertiary/aromatic N) is 5. The van der Waals surface area contributed by atoms with Crippen LogP contribution in [0.2, 0.25) is 0 Å². The standard InChI is InChI=1S/C28H34N6O7/c1-4-41-28(40)34-16-14-33(15-17-34)27(39)21(11-13-24(36)37)31-26(38)22-18-20(10-12-23(35)32(2)3)29-25(30-22)19-8-6-5-7-9-19/h5-10,12,18,21H,4,11,13-17H2,1-3H3,(H,31,38)(H,36,37).